The van der Waals surface area contributed by atoms with E-state index >= 15 is 0 Å². The van der Waals surface area contributed by atoms with Crippen LogP contribution in [0.5, 0.6) is 5.75 Å². The van der Waals surface area contributed by atoms with Crippen LogP contribution in [0.4, 0.5) is 8.78 Å². The Balaban J connectivity index is 1.83. The molecule has 0 heterocycles. The number of hydrogen-bond acceptors (Lipinski definition) is 3. The summed E-state index contributed by atoms with van der Waals surface area (Å²) in [5.41, 5.74) is 0.394. The summed E-state index contributed by atoms with van der Waals surface area (Å²) in [4.78, 5) is 11.9. The van der Waals surface area contributed by atoms with Crippen LogP contribution < -0.4 is 10.1 Å². The summed E-state index contributed by atoms with van der Waals surface area (Å²) >= 11 is 0. The molecular formula is C14H17F2NO3. The van der Waals surface area contributed by atoms with Gasteiger partial charge < -0.3 is 15.2 Å². The highest BCUT2D eigenvalue weighted by molar-refractivity contribution is 5.94. The van der Waals surface area contributed by atoms with E-state index in [1.165, 1.54) is 24.3 Å². The first-order valence-corrected chi connectivity index (χ1v) is 6.55. The summed E-state index contributed by atoms with van der Waals surface area (Å²) < 4.78 is 28.2. The van der Waals surface area contributed by atoms with Crippen molar-refractivity contribution in [3.63, 3.8) is 0 Å². The van der Waals surface area contributed by atoms with Gasteiger partial charge >= 0.3 is 6.61 Å². The minimum atomic E-state index is -2.87. The number of carbonyl (C=O) groups is 1. The third-order valence-corrected chi connectivity index (χ3v) is 3.41. The lowest BCUT2D eigenvalue weighted by atomic mass is 10.1. The Morgan fingerprint density at radius 1 is 1.35 bits per heavy atom. The van der Waals surface area contributed by atoms with Gasteiger partial charge in [0.05, 0.1) is 6.10 Å². The number of ether oxygens (including phenoxy) is 1. The molecule has 4 nitrogen and oxygen atoms in total. The molecule has 20 heavy (non-hydrogen) atoms. The molecule has 1 aromatic carbocycles. The molecule has 110 valence electrons. The number of rotatable bonds is 5. The molecule has 0 spiro atoms. The second-order valence-corrected chi connectivity index (χ2v) is 4.95. The van der Waals surface area contributed by atoms with Gasteiger partial charge in [0.2, 0.25) is 0 Å². The quantitative estimate of drug-likeness (QED) is 0.871. The van der Waals surface area contributed by atoms with Gasteiger partial charge in [-0.3, -0.25) is 4.79 Å². The Morgan fingerprint density at radius 2 is 2.05 bits per heavy atom. The number of alkyl halides is 2. The predicted molar refractivity (Wildman–Crippen MR) is 68.8 cm³/mol. The van der Waals surface area contributed by atoms with Crippen molar-refractivity contribution in [2.75, 3.05) is 6.54 Å². The monoisotopic (exact) mass is 285 g/mol. The maximum absolute atomic E-state index is 12.0. The van der Waals surface area contributed by atoms with Crippen LogP contribution in [0.2, 0.25) is 0 Å². The van der Waals surface area contributed by atoms with E-state index < -0.39 is 6.61 Å². The van der Waals surface area contributed by atoms with Gasteiger partial charge in [0, 0.05) is 12.1 Å². The van der Waals surface area contributed by atoms with Crippen molar-refractivity contribution in [3.8, 4) is 5.75 Å². The highest BCUT2D eigenvalue weighted by atomic mass is 19.3. The normalized spacial score (nSPS) is 22.0. The Hall–Kier alpha value is -1.69. The van der Waals surface area contributed by atoms with Crippen molar-refractivity contribution in [3.05, 3.63) is 29.8 Å². The number of aliphatic hydroxyl groups is 1. The lowest BCUT2D eigenvalue weighted by Gasteiger charge is -2.11. The van der Waals surface area contributed by atoms with E-state index in [0.29, 0.717) is 24.4 Å². The fourth-order valence-electron chi connectivity index (χ4n) is 2.36. The Labute approximate surface area is 115 Å². The number of halogens is 2. The molecule has 0 saturated heterocycles. The van der Waals surface area contributed by atoms with Crippen LogP contribution in [0.25, 0.3) is 0 Å². The molecule has 6 heteroatoms. The van der Waals surface area contributed by atoms with Gasteiger partial charge in [-0.25, -0.2) is 0 Å². The van der Waals surface area contributed by atoms with Crippen LogP contribution in [0.3, 0.4) is 0 Å². The summed E-state index contributed by atoms with van der Waals surface area (Å²) in [6, 6.07) is 5.55. The second-order valence-electron chi connectivity index (χ2n) is 4.95. The molecule has 1 aromatic rings. The van der Waals surface area contributed by atoms with Crippen molar-refractivity contribution in [1.82, 2.24) is 5.32 Å². The smallest absolute Gasteiger partial charge is 0.387 e. The van der Waals surface area contributed by atoms with E-state index in [4.69, 9.17) is 0 Å². The van der Waals surface area contributed by atoms with E-state index in [1.807, 2.05) is 0 Å². The summed E-state index contributed by atoms with van der Waals surface area (Å²) in [6.07, 6.45) is 2.13. The first kappa shape index (κ1) is 14.7. The van der Waals surface area contributed by atoms with Crippen LogP contribution in [0.15, 0.2) is 24.3 Å². The van der Waals surface area contributed by atoms with Gasteiger partial charge in [-0.2, -0.15) is 8.78 Å². The van der Waals surface area contributed by atoms with E-state index in [1.54, 1.807) is 0 Å². The maximum Gasteiger partial charge on any atom is 0.387 e. The topological polar surface area (TPSA) is 58.6 Å². The van der Waals surface area contributed by atoms with E-state index in [2.05, 4.69) is 10.1 Å². The molecule has 0 radical (unpaired) electrons. The lowest BCUT2D eigenvalue weighted by molar-refractivity contribution is -0.0498. The number of benzene rings is 1. The SMILES string of the molecule is O=C(NCC1CCC(O)C1)c1ccc(OC(F)F)cc1. The zero-order valence-corrected chi connectivity index (χ0v) is 10.9. The zero-order valence-electron chi connectivity index (χ0n) is 10.9. The molecule has 1 aliphatic carbocycles. The molecule has 1 fully saturated rings. The summed E-state index contributed by atoms with van der Waals surface area (Å²) in [5.74, 6) is 0.0702. The first-order valence-electron chi connectivity index (χ1n) is 6.55. The van der Waals surface area contributed by atoms with Crippen LogP contribution in [0, 0.1) is 5.92 Å². The number of nitrogens with one attached hydrogen (secondary N) is 1. The summed E-state index contributed by atoms with van der Waals surface area (Å²) in [6.45, 7) is -2.35. The molecule has 1 saturated carbocycles. The fraction of sp³-hybridized carbons (Fsp3) is 0.500. The van der Waals surface area contributed by atoms with Gasteiger partial charge in [-0.15, -0.1) is 0 Å². The van der Waals surface area contributed by atoms with Crippen LogP contribution in [0.1, 0.15) is 29.6 Å². The maximum atomic E-state index is 12.0. The highest BCUT2D eigenvalue weighted by Gasteiger charge is 2.23. The third-order valence-electron chi connectivity index (χ3n) is 3.41. The molecule has 0 aromatic heterocycles. The molecule has 1 aliphatic rings. The van der Waals surface area contributed by atoms with Gasteiger partial charge in [-0.1, -0.05) is 0 Å². The second kappa shape index (κ2) is 6.65. The van der Waals surface area contributed by atoms with Gasteiger partial charge in [-0.05, 0) is 49.4 Å². The first-order chi connectivity index (χ1) is 9.54. The fourth-order valence-corrected chi connectivity index (χ4v) is 2.36. The zero-order chi connectivity index (χ0) is 14.5. The minimum Gasteiger partial charge on any atom is -0.435 e. The van der Waals surface area contributed by atoms with Gasteiger partial charge in [0.1, 0.15) is 5.75 Å². The Morgan fingerprint density at radius 3 is 2.60 bits per heavy atom. The Kier molecular flexibility index (Phi) is 4.89. The third kappa shape index (κ3) is 4.16. The van der Waals surface area contributed by atoms with E-state index in [-0.39, 0.29) is 17.8 Å². The van der Waals surface area contributed by atoms with Crippen molar-refractivity contribution < 1.29 is 23.4 Å². The number of hydrogen-bond donors (Lipinski definition) is 2. The van der Waals surface area contributed by atoms with E-state index in [9.17, 15) is 18.7 Å². The lowest BCUT2D eigenvalue weighted by Crippen LogP contribution is -2.28. The van der Waals surface area contributed by atoms with E-state index in [0.717, 1.165) is 12.8 Å². The molecule has 1 amide bonds. The van der Waals surface area contributed by atoms with Crippen LogP contribution in [-0.2, 0) is 0 Å². The van der Waals surface area contributed by atoms with Crippen molar-refractivity contribution in [2.45, 2.75) is 32.0 Å². The average molecular weight is 285 g/mol. The molecule has 2 unspecified atom stereocenters. The van der Waals surface area contributed by atoms with Crippen molar-refractivity contribution in [2.24, 2.45) is 5.92 Å². The van der Waals surface area contributed by atoms with Gasteiger partial charge in [0.25, 0.3) is 5.91 Å². The standard InChI is InChI=1S/C14H17F2NO3/c15-14(16)20-12-5-2-10(3-6-12)13(19)17-8-9-1-4-11(18)7-9/h2-3,5-6,9,11,14,18H,1,4,7-8H2,(H,17,19). The minimum absolute atomic E-state index is 0.0236. The molecule has 0 bridgehead atoms. The number of carbonyl (C=O) groups excluding carboxylic acids is 1. The van der Waals surface area contributed by atoms with Crippen molar-refractivity contribution in [1.29, 1.82) is 0 Å². The average Bonchev–Trinajstić information content (AvgIpc) is 2.82. The molecule has 2 rings (SSSR count). The molecule has 0 aliphatic heterocycles. The summed E-state index contributed by atoms with van der Waals surface area (Å²) in [5, 5.41) is 12.2. The molecular weight excluding hydrogens is 268 g/mol. The van der Waals surface area contributed by atoms with Gasteiger partial charge in [0.15, 0.2) is 0 Å². The van der Waals surface area contributed by atoms with Crippen LogP contribution in [-0.4, -0.2) is 30.3 Å². The van der Waals surface area contributed by atoms with Crippen molar-refractivity contribution >= 4 is 5.91 Å². The van der Waals surface area contributed by atoms with Crippen LogP contribution >= 0.6 is 0 Å². The molecule has 2 N–H and O–H groups in total. The number of amides is 1. The summed E-state index contributed by atoms with van der Waals surface area (Å²) in [7, 11) is 0. The largest absolute Gasteiger partial charge is 0.435 e. The molecule has 2 atom stereocenters. The predicted octanol–water partition coefficient (Wildman–Crippen LogP) is 2.18. The Bertz CT molecular complexity index is 450. The number of aliphatic hydroxyl groups excluding tert-OH is 1. The highest BCUT2D eigenvalue weighted by Crippen LogP contribution is 2.24.